The lowest BCUT2D eigenvalue weighted by Gasteiger charge is -2.22. The van der Waals surface area contributed by atoms with Crippen molar-refractivity contribution in [3.63, 3.8) is 0 Å². The van der Waals surface area contributed by atoms with Crippen LogP contribution in [0.15, 0.2) is 36.5 Å². The maximum absolute atomic E-state index is 12.9. The van der Waals surface area contributed by atoms with Gasteiger partial charge in [-0.2, -0.15) is 5.26 Å². The van der Waals surface area contributed by atoms with E-state index in [0.29, 0.717) is 18.2 Å². The van der Waals surface area contributed by atoms with E-state index < -0.39 is 0 Å². The minimum atomic E-state index is -0.0505. The molecule has 0 aliphatic carbocycles. The Morgan fingerprint density at radius 1 is 1.25 bits per heavy atom. The van der Waals surface area contributed by atoms with Gasteiger partial charge in [0.05, 0.1) is 5.92 Å². The molecule has 0 radical (unpaired) electrons. The zero-order chi connectivity index (χ0) is 16.5. The van der Waals surface area contributed by atoms with Crippen LogP contribution in [0.25, 0.3) is 0 Å². The van der Waals surface area contributed by atoms with Gasteiger partial charge in [-0.3, -0.25) is 4.79 Å². The zero-order valence-electron chi connectivity index (χ0n) is 13.2. The molecule has 0 spiro atoms. The van der Waals surface area contributed by atoms with Crippen molar-refractivity contribution < 1.29 is 4.79 Å². The molecule has 1 atom stereocenters. The summed E-state index contributed by atoms with van der Waals surface area (Å²) in [5, 5.41) is 8.96. The molecule has 2 aromatic rings. The molecule has 3 heterocycles. The summed E-state index contributed by atoms with van der Waals surface area (Å²) in [6.45, 7) is 2.10. The molecular formula is C18H17N5O. The van der Waals surface area contributed by atoms with Crippen molar-refractivity contribution in [2.45, 2.75) is 12.8 Å². The van der Waals surface area contributed by atoms with Crippen LogP contribution in [0.4, 0.5) is 11.6 Å². The second-order valence-electron chi connectivity index (χ2n) is 6.15. The molecule has 120 valence electrons. The second-order valence-corrected chi connectivity index (χ2v) is 6.15. The molecule has 1 saturated heterocycles. The first-order valence-electron chi connectivity index (χ1n) is 8.13. The summed E-state index contributed by atoms with van der Waals surface area (Å²) in [5.41, 5.74) is 2.64. The van der Waals surface area contributed by atoms with Gasteiger partial charge >= 0.3 is 0 Å². The molecule has 1 aromatic carbocycles. The number of nitrogens with zero attached hydrogens (tertiary/aromatic N) is 5. The summed E-state index contributed by atoms with van der Waals surface area (Å²) in [7, 11) is 0. The molecule has 6 nitrogen and oxygen atoms in total. The summed E-state index contributed by atoms with van der Waals surface area (Å²) in [6, 6.07) is 11.7. The van der Waals surface area contributed by atoms with Crippen molar-refractivity contribution >= 4 is 17.5 Å². The van der Waals surface area contributed by atoms with Crippen LogP contribution in [0.5, 0.6) is 0 Å². The highest BCUT2D eigenvalue weighted by Gasteiger charge is 2.35. The van der Waals surface area contributed by atoms with E-state index >= 15 is 0 Å². The fraction of sp³-hybridized carbons (Fsp3) is 0.333. The quantitative estimate of drug-likeness (QED) is 0.843. The number of carbonyl (C=O) groups excluding carboxylic acids is 1. The van der Waals surface area contributed by atoms with Gasteiger partial charge in [-0.15, -0.1) is 0 Å². The van der Waals surface area contributed by atoms with Gasteiger partial charge in [0.15, 0.2) is 0 Å². The number of amides is 1. The molecule has 1 aromatic heterocycles. The van der Waals surface area contributed by atoms with Crippen LogP contribution in [-0.4, -0.2) is 35.5 Å². The Kier molecular flexibility index (Phi) is 3.62. The number of carbonyl (C=O) groups is 1. The fourth-order valence-corrected chi connectivity index (χ4v) is 3.49. The summed E-state index contributed by atoms with van der Waals surface area (Å²) >= 11 is 0. The summed E-state index contributed by atoms with van der Waals surface area (Å²) < 4.78 is 0. The highest BCUT2D eigenvalue weighted by molar-refractivity contribution is 5.97. The first kappa shape index (κ1) is 14.6. The molecule has 2 aliphatic rings. The molecule has 1 amide bonds. The standard InChI is InChI=1S/C18H17N5O/c19-11-15-5-8-20-18(21-15)22-9-6-14(12-22)17(24)23-10-7-13-3-1-2-4-16(13)23/h1-5,8,14H,6-7,9-10,12H2. The third kappa shape index (κ3) is 2.48. The first-order chi connectivity index (χ1) is 11.8. The number of para-hydroxylation sites is 1. The molecule has 0 N–H and O–H groups in total. The Hall–Kier alpha value is -2.94. The van der Waals surface area contributed by atoms with Crippen LogP contribution >= 0.6 is 0 Å². The Morgan fingerprint density at radius 3 is 3.00 bits per heavy atom. The lowest BCUT2D eigenvalue weighted by atomic mass is 10.1. The van der Waals surface area contributed by atoms with E-state index in [-0.39, 0.29) is 11.8 Å². The number of hydrogen-bond acceptors (Lipinski definition) is 5. The molecule has 1 fully saturated rings. The van der Waals surface area contributed by atoms with Crippen molar-refractivity contribution in [1.29, 1.82) is 5.26 Å². The Balaban J connectivity index is 1.49. The van der Waals surface area contributed by atoms with Gasteiger partial charge in [0.1, 0.15) is 11.8 Å². The summed E-state index contributed by atoms with van der Waals surface area (Å²) in [4.78, 5) is 25.3. The smallest absolute Gasteiger partial charge is 0.231 e. The van der Waals surface area contributed by atoms with Crippen LogP contribution in [-0.2, 0) is 11.2 Å². The molecule has 4 rings (SSSR count). The Morgan fingerprint density at radius 2 is 2.12 bits per heavy atom. The normalized spacial score (nSPS) is 19.2. The van der Waals surface area contributed by atoms with Gasteiger partial charge in [-0.05, 0) is 30.5 Å². The van der Waals surface area contributed by atoms with Crippen LogP contribution in [0.3, 0.4) is 0 Å². The van der Waals surface area contributed by atoms with Crippen LogP contribution in [0, 0.1) is 17.2 Å². The maximum atomic E-state index is 12.9. The maximum Gasteiger partial charge on any atom is 0.231 e. The van der Waals surface area contributed by atoms with E-state index in [1.807, 2.05) is 34.1 Å². The van der Waals surface area contributed by atoms with E-state index in [1.165, 1.54) is 5.56 Å². The highest BCUT2D eigenvalue weighted by atomic mass is 16.2. The van der Waals surface area contributed by atoms with E-state index in [9.17, 15) is 4.79 Å². The zero-order valence-corrected chi connectivity index (χ0v) is 13.2. The average molecular weight is 319 g/mol. The van der Waals surface area contributed by atoms with Gasteiger partial charge in [-0.1, -0.05) is 18.2 Å². The monoisotopic (exact) mass is 319 g/mol. The van der Waals surface area contributed by atoms with Crippen LogP contribution in [0.2, 0.25) is 0 Å². The van der Waals surface area contributed by atoms with Gasteiger partial charge in [0, 0.05) is 31.5 Å². The van der Waals surface area contributed by atoms with E-state index in [4.69, 9.17) is 5.26 Å². The molecule has 2 aliphatic heterocycles. The number of benzene rings is 1. The highest BCUT2D eigenvalue weighted by Crippen LogP contribution is 2.31. The minimum absolute atomic E-state index is 0.0505. The third-order valence-electron chi connectivity index (χ3n) is 4.73. The van der Waals surface area contributed by atoms with E-state index in [1.54, 1.807) is 12.3 Å². The number of rotatable bonds is 2. The molecule has 0 saturated carbocycles. The largest absolute Gasteiger partial charge is 0.340 e. The lowest BCUT2D eigenvalue weighted by Crippen LogP contribution is -2.36. The van der Waals surface area contributed by atoms with Crippen molar-refractivity contribution in [1.82, 2.24) is 9.97 Å². The fourth-order valence-electron chi connectivity index (χ4n) is 3.49. The number of aromatic nitrogens is 2. The number of fused-ring (bicyclic) bond motifs is 1. The minimum Gasteiger partial charge on any atom is -0.340 e. The summed E-state index contributed by atoms with van der Waals surface area (Å²) in [5.74, 6) is 0.663. The third-order valence-corrected chi connectivity index (χ3v) is 4.73. The van der Waals surface area contributed by atoms with Crippen LogP contribution < -0.4 is 9.80 Å². The lowest BCUT2D eigenvalue weighted by molar-refractivity contribution is -0.121. The van der Waals surface area contributed by atoms with Crippen molar-refractivity contribution in [3.05, 3.63) is 47.8 Å². The SMILES string of the molecule is N#Cc1ccnc(N2CCC(C(=O)N3CCc4ccccc43)C2)n1. The Bertz CT molecular complexity index is 828. The van der Waals surface area contributed by atoms with Gasteiger partial charge in [-0.25, -0.2) is 9.97 Å². The average Bonchev–Trinajstić information content (AvgIpc) is 3.28. The predicted octanol–water partition coefficient (Wildman–Crippen LogP) is 1.76. The van der Waals surface area contributed by atoms with Crippen molar-refractivity contribution in [2.24, 2.45) is 5.92 Å². The predicted molar refractivity (Wildman–Crippen MR) is 89.6 cm³/mol. The van der Waals surface area contributed by atoms with Gasteiger partial charge in [0.2, 0.25) is 11.9 Å². The molecule has 6 heteroatoms. The molecule has 1 unspecified atom stereocenters. The Labute approximate surface area is 140 Å². The summed E-state index contributed by atoms with van der Waals surface area (Å²) in [6.07, 6.45) is 3.30. The van der Waals surface area contributed by atoms with Gasteiger partial charge in [0.25, 0.3) is 0 Å². The van der Waals surface area contributed by atoms with Crippen molar-refractivity contribution in [3.8, 4) is 6.07 Å². The second kappa shape index (κ2) is 5.93. The number of hydrogen-bond donors (Lipinski definition) is 0. The number of nitriles is 1. The van der Waals surface area contributed by atoms with E-state index in [0.717, 1.165) is 31.6 Å². The van der Waals surface area contributed by atoms with Crippen molar-refractivity contribution in [2.75, 3.05) is 29.4 Å². The molecule has 24 heavy (non-hydrogen) atoms. The molecule has 0 bridgehead atoms. The topological polar surface area (TPSA) is 73.1 Å². The molecular weight excluding hydrogens is 302 g/mol. The van der Waals surface area contributed by atoms with E-state index in [2.05, 4.69) is 16.0 Å². The van der Waals surface area contributed by atoms with Gasteiger partial charge < -0.3 is 9.80 Å². The first-order valence-corrected chi connectivity index (χ1v) is 8.13. The van der Waals surface area contributed by atoms with Crippen LogP contribution in [0.1, 0.15) is 17.7 Å². The number of anilines is 2.